The van der Waals surface area contributed by atoms with Crippen molar-refractivity contribution < 1.29 is 22.6 Å². The number of ether oxygens (including phenoxy) is 2. The number of piperazine rings is 1. The molecule has 0 amide bonds. The van der Waals surface area contributed by atoms with Gasteiger partial charge in [0.05, 0.1) is 12.6 Å². The van der Waals surface area contributed by atoms with Gasteiger partial charge in [-0.15, -0.1) is 38.0 Å². The summed E-state index contributed by atoms with van der Waals surface area (Å²) >= 11 is 3.53. The first-order chi connectivity index (χ1) is 13.4. The van der Waals surface area contributed by atoms with Crippen LogP contribution in [0.4, 0.5) is 13.2 Å². The van der Waals surface area contributed by atoms with Gasteiger partial charge in [-0.05, 0) is 42.8 Å². The van der Waals surface area contributed by atoms with Crippen LogP contribution in [0.5, 0.6) is 11.5 Å². The number of benzene rings is 2. The van der Waals surface area contributed by atoms with Gasteiger partial charge in [0.1, 0.15) is 11.5 Å². The molecule has 2 aromatic rings. The summed E-state index contributed by atoms with van der Waals surface area (Å²) in [4.78, 5) is 2.31. The van der Waals surface area contributed by atoms with Crippen LogP contribution >= 0.6 is 40.7 Å². The molecule has 0 bridgehead atoms. The van der Waals surface area contributed by atoms with Crippen LogP contribution < -0.4 is 14.8 Å². The summed E-state index contributed by atoms with van der Waals surface area (Å²) in [6.07, 6.45) is -4.70. The topological polar surface area (TPSA) is 33.7 Å². The number of nitrogens with one attached hydrogen (secondary N) is 1. The summed E-state index contributed by atoms with van der Waals surface area (Å²) < 4.78 is 48.2. The van der Waals surface area contributed by atoms with Crippen molar-refractivity contribution in [1.82, 2.24) is 10.2 Å². The maximum atomic E-state index is 12.5. The number of rotatable bonds is 6. The lowest BCUT2D eigenvalue weighted by Crippen LogP contribution is -2.45. The molecule has 1 fully saturated rings. The van der Waals surface area contributed by atoms with Crippen LogP contribution in [0.25, 0.3) is 0 Å². The van der Waals surface area contributed by atoms with Crippen molar-refractivity contribution in [2.75, 3.05) is 32.8 Å². The Bertz CT molecular complexity index is 789. The average Bonchev–Trinajstić information content (AvgIpc) is 2.65. The minimum absolute atomic E-state index is 0. The Balaban J connectivity index is 0.00000225. The monoisotopic (exact) mass is 530 g/mol. The van der Waals surface area contributed by atoms with Crippen molar-refractivity contribution in [3.8, 4) is 11.5 Å². The zero-order chi connectivity index (χ0) is 20.1. The molecular formula is C20H24BrCl2F3N2O2. The molecule has 2 aromatic carbocycles. The van der Waals surface area contributed by atoms with Gasteiger partial charge in [0, 0.05) is 36.2 Å². The lowest BCUT2D eigenvalue weighted by Gasteiger charge is -2.36. The zero-order valence-corrected chi connectivity index (χ0v) is 19.5. The molecular weight excluding hydrogens is 508 g/mol. The van der Waals surface area contributed by atoms with Crippen LogP contribution in [0.3, 0.4) is 0 Å². The first-order valence-corrected chi connectivity index (χ1v) is 9.89. The molecule has 0 aromatic heterocycles. The standard InChI is InChI=1S/C20H22BrF3N2O2.2ClH/c1-2-27-18-8-5-15(21)13-17(18)19(26-11-9-25-10-12-26)14-3-6-16(7-4-14)28-20(22,23)24;;/h3-8,13,19,25H,2,9-12H2,1H3;2*1H/t19-;;/m0../s1. The van der Waals surface area contributed by atoms with Crippen LogP contribution in [-0.4, -0.2) is 44.0 Å². The van der Waals surface area contributed by atoms with Crippen LogP contribution in [0.1, 0.15) is 24.1 Å². The van der Waals surface area contributed by atoms with E-state index in [1.807, 2.05) is 25.1 Å². The maximum Gasteiger partial charge on any atom is 0.573 e. The van der Waals surface area contributed by atoms with E-state index in [9.17, 15) is 13.2 Å². The van der Waals surface area contributed by atoms with Gasteiger partial charge in [-0.1, -0.05) is 28.1 Å². The first-order valence-electron chi connectivity index (χ1n) is 9.10. The van der Waals surface area contributed by atoms with Crippen LogP contribution in [-0.2, 0) is 0 Å². The smallest absolute Gasteiger partial charge is 0.494 e. The molecule has 30 heavy (non-hydrogen) atoms. The lowest BCUT2D eigenvalue weighted by molar-refractivity contribution is -0.274. The highest BCUT2D eigenvalue weighted by Gasteiger charge is 2.31. The number of hydrogen-bond acceptors (Lipinski definition) is 4. The van der Waals surface area contributed by atoms with E-state index in [0.29, 0.717) is 6.61 Å². The molecule has 168 valence electrons. The lowest BCUT2D eigenvalue weighted by atomic mass is 9.95. The second-order valence-electron chi connectivity index (χ2n) is 6.42. The van der Waals surface area contributed by atoms with E-state index in [4.69, 9.17) is 4.74 Å². The van der Waals surface area contributed by atoms with Crippen LogP contribution in [0.15, 0.2) is 46.9 Å². The van der Waals surface area contributed by atoms with E-state index < -0.39 is 6.36 Å². The Kier molecular flexibility index (Phi) is 10.7. The van der Waals surface area contributed by atoms with E-state index >= 15 is 0 Å². The molecule has 1 heterocycles. The fourth-order valence-corrected chi connectivity index (χ4v) is 3.78. The van der Waals surface area contributed by atoms with E-state index in [0.717, 1.165) is 47.5 Å². The van der Waals surface area contributed by atoms with Crippen molar-refractivity contribution in [3.05, 3.63) is 58.1 Å². The van der Waals surface area contributed by atoms with E-state index in [2.05, 4.69) is 30.9 Å². The molecule has 1 N–H and O–H groups in total. The molecule has 0 saturated carbocycles. The largest absolute Gasteiger partial charge is 0.573 e. The van der Waals surface area contributed by atoms with Crippen molar-refractivity contribution in [2.45, 2.75) is 19.3 Å². The molecule has 4 nitrogen and oxygen atoms in total. The third-order valence-corrected chi connectivity index (χ3v) is 5.01. The second kappa shape index (κ2) is 12.0. The molecule has 0 aliphatic carbocycles. The summed E-state index contributed by atoms with van der Waals surface area (Å²) in [7, 11) is 0. The summed E-state index contributed by atoms with van der Waals surface area (Å²) in [5.74, 6) is 0.541. The van der Waals surface area contributed by atoms with Gasteiger partial charge >= 0.3 is 6.36 Å². The van der Waals surface area contributed by atoms with Gasteiger partial charge in [0.2, 0.25) is 0 Å². The fraction of sp³-hybridized carbons (Fsp3) is 0.400. The van der Waals surface area contributed by atoms with Gasteiger partial charge in [-0.3, -0.25) is 4.90 Å². The van der Waals surface area contributed by atoms with Gasteiger partial charge in [0.15, 0.2) is 0 Å². The number of halogens is 6. The minimum atomic E-state index is -4.70. The minimum Gasteiger partial charge on any atom is -0.494 e. The van der Waals surface area contributed by atoms with Gasteiger partial charge in [-0.25, -0.2) is 0 Å². The molecule has 0 radical (unpaired) electrons. The van der Waals surface area contributed by atoms with Crippen molar-refractivity contribution in [2.24, 2.45) is 0 Å². The third kappa shape index (κ3) is 7.20. The maximum absolute atomic E-state index is 12.5. The van der Waals surface area contributed by atoms with E-state index in [1.165, 1.54) is 12.1 Å². The van der Waals surface area contributed by atoms with Gasteiger partial charge in [0.25, 0.3) is 0 Å². The molecule has 1 aliphatic rings. The van der Waals surface area contributed by atoms with E-state index in [-0.39, 0.29) is 36.6 Å². The Morgan fingerprint density at radius 1 is 1.07 bits per heavy atom. The zero-order valence-electron chi connectivity index (χ0n) is 16.2. The van der Waals surface area contributed by atoms with Crippen molar-refractivity contribution in [1.29, 1.82) is 0 Å². The second-order valence-corrected chi connectivity index (χ2v) is 7.34. The van der Waals surface area contributed by atoms with Crippen LogP contribution in [0, 0.1) is 0 Å². The van der Waals surface area contributed by atoms with Gasteiger partial charge in [-0.2, -0.15) is 0 Å². The number of nitrogens with zero attached hydrogens (tertiary/aromatic N) is 1. The number of alkyl halides is 3. The molecule has 0 unspecified atom stereocenters. The highest BCUT2D eigenvalue weighted by atomic mass is 79.9. The Morgan fingerprint density at radius 3 is 2.27 bits per heavy atom. The molecule has 3 rings (SSSR count). The summed E-state index contributed by atoms with van der Waals surface area (Å²) in [5.41, 5.74) is 1.86. The first kappa shape index (κ1) is 26.8. The molecule has 10 heteroatoms. The normalized spacial score (nSPS) is 15.5. The van der Waals surface area contributed by atoms with Crippen molar-refractivity contribution in [3.63, 3.8) is 0 Å². The molecule has 1 saturated heterocycles. The molecule has 0 spiro atoms. The molecule has 1 atom stereocenters. The quantitative estimate of drug-likeness (QED) is 0.527. The SMILES string of the molecule is CCOc1ccc(Br)cc1[C@H](c1ccc(OC(F)(F)F)cc1)N1CCNCC1.Cl.Cl. The average molecular weight is 532 g/mol. The highest BCUT2D eigenvalue weighted by molar-refractivity contribution is 9.10. The summed E-state index contributed by atoms with van der Waals surface area (Å²) in [6.45, 7) is 5.80. The summed E-state index contributed by atoms with van der Waals surface area (Å²) in [5, 5.41) is 3.33. The van der Waals surface area contributed by atoms with Gasteiger partial charge < -0.3 is 14.8 Å². The number of hydrogen-bond donors (Lipinski definition) is 1. The molecule has 1 aliphatic heterocycles. The van der Waals surface area contributed by atoms with Crippen LogP contribution in [0.2, 0.25) is 0 Å². The predicted molar refractivity (Wildman–Crippen MR) is 119 cm³/mol. The van der Waals surface area contributed by atoms with E-state index in [1.54, 1.807) is 12.1 Å². The third-order valence-electron chi connectivity index (χ3n) is 4.51. The predicted octanol–water partition coefficient (Wildman–Crippen LogP) is 5.58. The fourth-order valence-electron chi connectivity index (χ4n) is 3.40. The Morgan fingerprint density at radius 2 is 1.70 bits per heavy atom. The van der Waals surface area contributed by atoms with Crippen molar-refractivity contribution >= 4 is 40.7 Å². The summed E-state index contributed by atoms with van der Waals surface area (Å²) in [6, 6.07) is 11.8. The Hall–Kier alpha value is -1.19. The Labute approximate surface area is 195 Å². The highest BCUT2D eigenvalue weighted by Crippen LogP contribution is 2.37.